The maximum atomic E-state index is 11.5. The SMILES string of the molecule is CC(NC(=O)Cn1cnnn1)c1ncn[nH]1. The molecule has 2 N–H and O–H groups in total. The summed E-state index contributed by atoms with van der Waals surface area (Å²) >= 11 is 0. The maximum absolute atomic E-state index is 11.5. The smallest absolute Gasteiger partial charge is 0.242 e. The van der Waals surface area contributed by atoms with Crippen molar-refractivity contribution in [2.75, 3.05) is 0 Å². The van der Waals surface area contributed by atoms with Crippen LogP contribution in [0.3, 0.4) is 0 Å². The van der Waals surface area contributed by atoms with E-state index in [1.807, 2.05) is 0 Å². The number of tetrazole rings is 1. The van der Waals surface area contributed by atoms with E-state index in [2.05, 4.69) is 36.0 Å². The fraction of sp³-hybridized carbons (Fsp3) is 0.429. The van der Waals surface area contributed by atoms with Gasteiger partial charge in [-0.25, -0.2) is 9.67 Å². The molecule has 2 heterocycles. The third-order valence-electron chi connectivity index (χ3n) is 1.92. The quantitative estimate of drug-likeness (QED) is 0.662. The zero-order valence-corrected chi connectivity index (χ0v) is 8.53. The fourth-order valence-corrected chi connectivity index (χ4v) is 1.18. The molecule has 9 heteroatoms. The number of carbonyl (C=O) groups excluding carboxylic acids is 1. The Balaban J connectivity index is 1.88. The normalized spacial score (nSPS) is 12.3. The van der Waals surface area contributed by atoms with Gasteiger partial charge in [0.05, 0.1) is 6.04 Å². The molecule has 0 spiro atoms. The number of carbonyl (C=O) groups is 1. The molecule has 1 atom stereocenters. The molecular formula is C7H10N8O. The van der Waals surface area contributed by atoms with Crippen LogP contribution in [0.1, 0.15) is 18.8 Å². The van der Waals surface area contributed by atoms with Crippen LogP contribution in [0.15, 0.2) is 12.7 Å². The largest absolute Gasteiger partial charge is 0.345 e. The molecule has 0 saturated carbocycles. The Morgan fingerprint density at radius 1 is 1.69 bits per heavy atom. The van der Waals surface area contributed by atoms with Crippen molar-refractivity contribution in [2.45, 2.75) is 19.5 Å². The molecular weight excluding hydrogens is 212 g/mol. The lowest BCUT2D eigenvalue weighted by Gasteiger charge is -2.10. The number of nitrogens with zero attached hydrogens (tertiary/aromatic N) is 6. The predicted octanol–water partition coefficient (Wildman–Crippen LogP) is -1.33. The molecule has 2 aromatic rings. The van der Waals surface area contributed by atoms with Gasteiger partial charge in [-0.2, -0.15) is 5.10 Å². The number of hydrogen-bond acceptors (Lipinski definition) is 6. The summed E-state index contributed by atoms with van der Waals surface area (Å²) in [4.78, 5) is 15.5. The Bertz CT molecular complexity index is 435. The average Bonchev–Trinajstić information content (AvgIpc) is 2.88. The van der Waals surface area contributed by atoms with Gasteiger partial charge < -0.3 is 5.32 Å². The first-order valence-electron chi connectivity index (χ1n) is 4.61. The second-order valence-electron chi connectivity index (χ2n) is 3.17. The topological polar surface area (TPSA) is 114 Å². The van der Waals surface area contributed by atoms with Crippen LogP contribution >= 0.6 is 0 Å². The van der Waals surface area contributed by atoms with E-state index in [9.17, 15) is 4.79 Å². The van der Waals surface area contributed by atoms with E-state index in [4.69, 9.17) is 0 Å². The van der Waals surface area contributed by atoms with Gasteiger partial charge in [0.2, 0.25) is 5.91 Å². The third kappa shape index (κ3) is 2.38. The van der Waals surface area contributed by atoms with Gasteiger partial charge in [0, 0.05) is 0 Å². The molecule has 0 aliphatic rings. The number of amides is 1. The highest BCUT2D eigenvalue weighted by atomic mass is 16.2. The Labute approximate surface area is 90.3 Å². The molecule has 84 valence electrons. The summed E-state index contributed by atoms with van der Waals surface area (Å²) in [6.07, 6.45) is 2.76. The Kier molecular flexibility index (Phi) is 2.85. The van der Waals surface area contributed by atoms with Crippen molar-refractivity contribution in [2.24, 2.45) is 0 Å². The molecule has 1 amide bonds. The van der Waals surface area contributed by atoms with Crippen LogP contribution in [-0.4, -0.2) is 41.3 Å². The van der Waals surface area contributed by atoms with Gasteiger partial charge in [-0.3, -0.25) is 9.89 Å². The Hall–Kier alpha value is -2.32. The summed E-state index contributed by atoms with van der Waals surface area (Å²) in [7, 11) is 0. The van der Waals surface area contributed by atoms with E-state index in [1.54, 1.807) is 6.92 Å². The highest BCUT2D eigenvalue weighted by Gasteiger charge is 2.12. The van der Waals surface area contributed by atoms with E-state index in [1.165, 1.54) is 17.3 Å². The molecule has 0 aliphatic heterocycles. The highest BCUT2D eigenvalue weighted by Crippen LogP contribution is 2.03. The zero-order valence-electron chi connectivity index (χ0n) is 8.53. The molecule has 2 aromatic heterocycles. The molecule has 0 aliphatic carbocycles. The second kappa shape index (κ2) is 4.47. The molecule has 16 heavy (non-hydrogen) atoms. The predicted molar refractivity (Wildman–Crippen MR) is 50.8 cm³/mol. The molecule has 1 unspecified atom stereocenters. The van der Waals surface area contributed by atoms with Crippen molar-refractivity contribution in [1.29, 1.82) is 0 Å². The van der Waals surface area contributed by atoms with Crippen molar-refractivity contribution in [1.82, 2.24) is 40.7 Å². The number of H-pyrrole nitrogens is 1. The first kappa shape index (κ1) is 10.2. The van der Waals surface area contributed by atoms with Crippen LogP contribution in [-0.2, 0) is 11.3 Å². The van der Waals surface area contributed by atoms with Gasteiger partial charge in [-0.15, -0.1) is 5.10 Å². The van der Waals surface area contributed by atoms with Crippen LogP contribution in [0.4, 0.5) is 0 Å². The molecule has 9 nitrogen and oxygen atoms in total. The first-order chi connectivity index (χ1) is 7.75. The summed E-state index contributed by atoms with van der Waals surface area (Å²) in [5.41, 5.74) is 0. The highest BCUT2D eigenvalue weighted by molar-refractivity contribution is 5.75. The van der Waals surface area contributed by atoms with Crippen molar-refractivity contribution < 1.29 is 4.79 Å². The van der Waals surface area contributed by atoms with Crippen molar-refractivity contribution in [3.63, 3.8) is 0 Å². The minimum atomic E-state index is -0.230. The first-order valence-corrected chi connectivity index (χ1v) is 4.61. The number of aromatic nitrogens is 7. The zero-order chi connectivity index (χ0) is 11.4. The van der Waals surface area contributed by atoms with E-state index in [0.29, 0.717) is 5.82 Å². The molecule has 0 radical (unpaired) electrons. The number of aromatic amines is 1. The summed E-state index contributed by atoms with van der Waals surface area (Å²) in [6, 6.07) is -0.230. The van der Waals surface area contributed by atoms with Gasteiger partial charge in [0.15, 0.2) is 0 Å². The second-order valence-corrected chi connectivity index (χ2v) is 3.17. The van der Waals surface area contributed by atoms with Crippen molar-refractivity contribution in [3.05, 3.63) is 18.5 Å². The van der Waals surface area contributed by atoms with Crippen LogP contribution in [0.2, 0.25) is 0 Å². The Morgan fingerprint density at radius 3 is 3.19 bits per heavy atom. The molecule has 0 bridgehead atoms. The van der Waals surface area contributed by atoms with Crippen LogP contribution in [0, 0.1) is 0 Å². The monoisotopic (exact) mass is 222 g/mol. The minimum absolute atomic E-state index is 0.0749. The molecule has 0 saturated heterocycles. The van der Waals surface area contributed by atoms with Gasteiger partial charge in [-0.1, -0.05) is 0 Å². The molecule has 0 aromatic carbocycles. The third-order valence-corrected chi connectivity index (χ3v) is 1.92. The number of hydrogen-bond donors (Lipinski definition) is 2. The van der Waals surface area contributed by atoms with Crippen LogP contribution in [0.25, 0.3) is 0 Å². The van der Waals surface area contributed by atoms with Crippen LogP contribution in [0.5, 0.6) is 0 Å². The standard InChI is InChI=1S/C7H10N8O/c1-5(7-8-3-9-12-7)11-6(16)2-15-4-10-13-14-15/h3-5H,2H2,1H3,(H,11,16)(H,8,9,12). The summed E-state index contributed by atoms with van der Waals surface area (Å²) in [5, 5.41) is 19.6. The molecule has 2 rings (SSSR count). The lowest BCUT2D eigenvalue weighted by molar-refractivity contribution is -0.122. The van der Waals surface area contributed by atoms with E-state index in [0.717, 1.165) is 0 Å². The van der Waals surface area contributed by atoms with Gasteiger partial charge in [0.25, 0.3) is 0 Å². The van der Waals surface area contributed by atoms with Crippen molar-refractivity contribution in [3.8, 4) is 0 Å². The van der Waals surface area contributed by atoms with Gasteiger partial charge in [0.1, 0.15) is 25.0 Å². The molecule has 0 fully saturated rings. The minimum Gasteiger partial charge on any atom is -0.345 e. The fourth-order valence-electron chi connectivity index (χ4n) is 1.18. The van der Waals surface area contributed by atoms with E-state index >= 15 is 0 Å². The number of rotatable bonds is 4. The summed E-state index contributed by atoms with van der Waals surface area (Å²) in [6.45, 7) is 1.88. The van der Waals surface area contributed by atoms with E-state index in [-0.39, 0.29) is 18.5 Å². The Morgan fingerprint density at radius 2 is 2.56 bits per heavy atom. The van der Waals surface area contributed by atoms with Gasteiger partial charge in [-0.05, 0) is 17.4 Å². The maximum Gasteiger partial charge on any atom is 0.242 e. The van der Waals surface area contributed by atoms with Crippen LogP contribution < -0.4 is 5.32 Å². The lowest BCUT2D eigenvalue weighted by Crippen LogP contribution is -2.30. The number of nitrogens with one attached hydrogen (secondary N) is 2. The summed E-state index contributed by atoms with van der Waals surface area (Å²) < 4.78 is 1.34. The van der Waals surface area contributed by atoms with E-state index < -0.39 is 0 Å². The average molecular weight is 222 g/mol. The van der Waals surface area contributed by atoms with Crippen molar-refractivity contribution >= 4 is 5.91 Å². The lowest BCUT2D eigenvalue weighted by atomic mass is 10.3. The summed E-state index contributed by atoms with van der Waals surface area (Å²) in [5.74, 6) is 0.404. The van der Waals surface area contributed by atoms with Gasteiger partial charge >= 0.3 is 0 Å².